The Kier molecular flexibility index (Phi) is 5.40. The molecule has 2 heterocycles. The van der Waals surface area contributed by atoms with Crippen molar-refractivity contribution < 1.29 is 9.18 Å². The number of halogens is 1. The fourth-order valence-corrected chi connectivity index (χ4v) is 5.69. The van der Waals surface area contributed by atoms with Crippen molar-refractivity contribution in [3.8, 4) is 6.07 Å². The van der Waals surface area contributed by atoms with E-state index in [-0.39, 0.29) is 23.1 Å². The second kappa shape index (κ2) is 8.37. The van der Waals surface area contributed by atoms with Crippen LogP contribution >= 0.6 is 0 Å². The SMILES string of the molecule is N#Cc1cc(CN2CCC(C3(c4ccc(F)cc4)CCNCC3)C2=O)c2ccccc2c1. The van der Waals surface area contributed by atoms with Crippen LogP contribution in [-0.4, -0.2) is 30.4 Å². The average Bonchev–Trinajstić information content (AvgIpc) is 3.20. The number of likely N-dealkylation sites (tertiary alicyclic amines) is 1. The lowest BCUT2D eigenvalue weighted by atomic mass is 9.64. The van der Waals surface area contributed by atoms with Crippen LogP contribution in [0.3, 0.4) is 0 Å². The van der Waals surface area contributed by atoms with Gasteiger partial charge in [-0.2, -0.15) is 5.26 Å². The molecule has 0 spiro atoms. The minimum absolute atomic E-state index is 0.111. The van der Waals surface area contributed by atoms with Crippen molar-refractivity contribution in [2.45, 2.75) is 31.2 Å². The van der Waals surface area contributed by atoms with Crippen LogP contribution in [0.15, 0.2) is 60.7 Å². The van der Waals surface area contributed by atoms with E-state index in [1.807, 2.05) is 47.4 Å². The molecule has 0 aromatic heterocycles. The largest absolute Gasteiger partial charge is 0.338 e. The molecule has 2 aliphatic heterocycles. The molecule has 0 aliphatic carbocycles. The molecule has 4 nitrogen and oxygen atoms in total. The lowest BCUT2D eigenvalue weighted by molar-refractivity contribution is -0.133. The lowest BCUT2D eigenvalue weighted by Crippen LogP contribution is -2.47. The summed E-state index contributed by atoms with van der Waals surface area (Å²) < 4.78 is 13.6. The van der Waals surface area contributed by atoms with Crippen LogP contribution in [0.1, 0.15) is 36.0 Å². The van der Waals surface area contributed by atoms with Gasteiger partial charge < -0.3 is 10.2 Å². The first-order valence-electron chi connectivity index (χ1n) is 11.3. The van der Waals surface area contributed by atoms with E-state index >= 15 is 0 Å². The minimum atomic E-state index is -0.263. The van der Waals surface area contributed by atoms with Crippen LogP contribution in [0.2, 0.25) is 0 Å². The summed E-state index contributed by atoms with van der Waals surface area (Å²) in [6.07, 6.45) is 2.54. The third kappa shape index (κ3) is 3.55. The second-order valence-corrected chi connectivity index (χ2v) is 8.98. The summed E-state index contributed by atoms with van der Waals surface area (Å²) in [6, 6.07) is 20.8. The zero-order valence-electron chi connectivity index (χ0n) is 18.0. The van der Waals surface area contributed by atoms with E-state index in [0.29, 0.717) is 18.7 Å². The summed E-state index contributed by atoms with van der Waals surface area (Å²) in [7, 11) is 0. The van der Waals surface area contributed by atoms with Crippen molar-refractivity contribution in [3.63, 3.8) is 0 Å². The Labute approximate surface area is 187 Å². The van der Waals surface area contributed by atoms with Crippen molar-refractivity contribution in [1.82, 2.24) is 10.2 Å². The molecule has 162 valence electrons. The number of hydrogen-bond donors (Lipinski definition) is 1. The van der Waals surface area contributed by atoms with Crippen molar-refractivity contribution >= 4 is 16.7 Å². The molecular weight excluding hydrogens is 401 g/mol. The quantitative estimate of drug-likeness (QED) is 0.666. The Hall–Kier alpha value is -3.23. The summed E-state index contributed by atoms with van der Waals surface area (Å²) in [4.78, 5) is 15.7. The number of carbonyl (C=O) groups is 1. The molecule has 0 saturated carbocycles. The smallest absolute Gasteiger partial charge is 0.226 e. The molecule has 3 aromatic carbocycles. The Morgan fingerprint density at radius 1 is 1.09 bits per heavy atom. The Morgan fingerprint density at radius 3 is 2.59 bits per heavy atom. The topological polar surface area (TPSA) is 56.1 Å². The number of carbonyl (C=O) groups excluding carboxylic acids is 1. The van der Waals surface area contributed by atoms with Gasteiger partial charge in [-0.3, -0.25) is 4.79 Å². The third-order valence-electron chi connectivity index (χ3n) is 7.32. The van der Waals surface area contributed by atoms with Gasteiger partial charge >= 0.3 is 0 Å². The molecule has 0 bridgehead atoms. The molecule has 3 aromatic rings. The number of nitriles is 1. The Morgan fingerprint density at radius 2 is 1.84 bits per heavy atom. The van der Waals surface area contributed by atoms with Crippen molar-refractivity contribution in [3.05, 3.63) is 83.2 Å². The predicted molar refractivity (Wildman–Crippen MR) is 122 cm³/mol. The average molecular weight is 428 g/mol. The molecule has 5 heteroatoms. The van der Waals surface area contributed by atoms with E-state index in [1.54, 1.807) is 0 Å². The summed E-state index contributed by atoms with van der Waals surface area (Å²) in [5.74, 6) is -0.190. The van der Waals surface area contributed by atoms with E-state index in [2.05, 4.69) is 17.5 Å². The highest BCUT2D eigenvalue weighted by Gasteiger charge is 2.48. The summed E-state index contributed by atoms with van der Waals surface area (Å²) in [5.41, 5.74) is 2.43. The minimum Gasteiger partial charge on any atom is -0.338 e. The first-order chi connectivity index (χ1) is 15.6. The molecule has 2 saturated heterocycles. The maximum Gasteiger partial charge on any atom is 0.226 e. The summed E-state index contributed by atoms with van der Waals surface area (Å²) in [6.45, 7) is 2.92. The molecule has 1 atom stereocenters. The fraction of sp³-hybridized carbons (Fsp3) is 0.333. The predicted octanol–water partition coefficient (Wildman–Crippen LogP) is 4.52. The first-order valence-corrected chi connectivity index (χ1v) is 11.3. The molecule has 0 radical (unpaired) electrons. The van der Waals surface area contributed by atoms with Crippen LogP contribution in [0.5, 0.6) is 0 Å². The molecule has 2 fully saturated rings. The molecule has 1 amide bonds. The normalized spacial score (nSPS) is 20.4. The van der Waals surface area contributed by atoms with Gasteiger partial charge in [0.15, 0.2) is 0 Å². The van der Waals surface area contributed by atoms with Gasteiger partial charge in [0, 0.05) is 24.4 Å². The Balaban J connectivity index is 1.46. The Bertz CT molecular complexity index is 1190. The molecule has 1 unspecified atom stereocenters. The van der Waals surface area contributed by atoms with Crippen LogP contribution < -0.4 is 5.32 Å². The summed E-state index contributed by atoms with van der Waals surface area (Å²) >= 11 is 0. The van der Waals surface area contributed by atoms with Crippen LogP contribution in [0.25, 0.3) is 10.8 Å². The molecule has 2 aliphatic rings. The van der Waals surface area contributed by atoms with E-state index in [9.17, 15) is 14.4 Å². The van der Waals surface area contributed by atoms with Crippen molar-refractivity contribution in [1.29, 1.82) is 5.26 Å². The van der Waals surface area contributed by atoms with E-state index in [0.717, 1.165) is 54.3 Å². The second-order valence-electron chi connectivity index (χ2n) is 8.98. The molecule has 1 N–H and O–H groups in total. The third-order valence-corrected chi connectivity index (χ3v) is 7.32. The number of nitrogens with zero attached hydrogens (tertiary/aromatic N) is 2. The standard InChI is InChI=1S/C27H26FN3O/c28-23-7-5-22(6-8-23)27(10-12-30-13-11-27)25-9-14-31(26(25)32)18-21-16-19(17-29)15-20-3-1-2-4-24(20)21/h1-8,15-16,25,30H,9-14,18H2. The molecule has 5 rings (SSSR count). The van der Waals surface area contributed by atoms with Gasteiger partial charge in [0.2, 0.25) is 5.91 Å². The number of piperidine rings is 1. The molecular formula is C27H26FN3O. The van der Waals surface area contributed by atoms with Gasteiger partial charge in [-0.15, -0.1) is 0 Å². The van der Waals surface area contributed by atoms with Crippen LogP contribution in [0, 0.1) is 23.1 Å². The zero-order valence-corrected chi connectivity index (χ0v) is 18.0. The zero-order chi connectivity index (χ0) is 22.1. The van der Waals surface area contributed by atoms with E-state index in [4.69, 9.17) is 0 Å². The van der Waals surface area contributed by atoms with Gasteiger partial charge in [0.05, 0.1) is 11.6 Å². The number of fused-ring (bicyclic) bond motifs is 1. The van der Waals surface area contributed by atoms with E-state index < -0.39 is 0 Å². The first kappa shape index (κ1) is 20.7. The van der Waals surface area contributed by atoms with Gasteiger partial charge in [-0.1, -0.05) is 36.4 Å². The maximum atomic E-state index is 13.7. The van der Waals surface area contributed by atoms with Gasteiger partial charge in [0.1, 0.15) is 5.82 Å². The van der Waals surface area contributed by atoms with Gasteiger partial charge in [-0.05, 0) is 78.5 Å². The number of rotatable bonds is 4. The highest BCUT2D eigenvalue weighted by molar-refractivity contribution is 5.88. The molecule has 32 heavy (non-hydrogen) atoms. The maximum absolute atomic E-state index is 13.7. The highest BCUT2D eigenvalue weighted by Crippen LogP contribution is 2.45. The monoisotopic (exact) mass is 427 g/mol. The number of nitrogens with one attached hydrogen (secondary N) is 1. The van der Waals surface area contributed by atoms with Crippen molar-refractivity contribution in [2.24, 2.45) is 5.92 Å². The van der Waals surface area contributed by atoms with Crippen LogP contribution in [0.4, 0.5) is 4.39 Å². The fourth-order valence-electron chi connectivity index (χ4n) is 5.69. The lowest BCUT2D eigenvalue weighted by Gasteiger charge is -2.42. The van der Waals surface area contributed by atoms with E-state index in [1.165, 1.54) is 12.1 Å². The number of benzene rings is 3. The van der Waals surface area contributed by atoms with Gasteiger partial charge in [-0.25, -0.2) is 4.39 Å². The number of hydrogen-bond acceptors (Lipinski definition) is 3. The van der Waals surface area contributed by atoms with Crippen molar-refractivity contribution in [2.75, 3.05) is 19.6 Å². The summed E-state index contributed by atoms with van der Waals surface area (Å²) in [5, 5.41) is 15.0. The highest BCUT2D eigenvalue weighted by atomic mass is 19.1. The van der Waals surface area contributed by atoms with Gasteiger partial charge in [0.25, 0.3) is 0 Å². The van der Waals surface area contributed by atoms with Crippen LogP contribution in [-0.2, 0) is 16.8 Å². The number of amides is 1.